The van der Waals surface area contributed by atoms with Crippen molar-refractivity contribution in [3.8, 4) is 0 Å². The smallest absolute Gasteiger partial charge is 0.00173 e. The lowest BCUT2D eigenvalue weighted by atomic mass is 9.96. The average molecular weight is 225 g/mol. The highest BCUT2D eigenvalue weighted by Gasteiger charge is 2.08. The predicted molar refractivity (Wildman–Crippen MR) is 69.6 cm³/mol. The Balaban J connectivity index is 2.29. The van der Waals surface area contributed by atoms with E-state index in [0.29, 0.717) is 0 Å². The molecular weight excluding hydrogens is 202 g/mol. The summed E-state index contributed by atoms with van der Waals surface area (Å²) in [5.74, 6) is 0.816. The summed E-state index contributed by atoms with van der Waals surface area (Å²) in [6.07, 6.45) is 5.11. The fraction of sp³-hybridized carbons (Fsp3) is 0.692. The number of hydrogen-bond acceptors (Lipinski definition) is 2. The molecule has 0 bridgehead atoms. The van der Waals surface area contributed by atoms with Crippen LogP contribution in [-0.4, -0.2) is 13.1 Å². The zero-order chi connectivity index (χ0) is 10.9. The molecule has 1 aromatic heterocycles. The van der Waals surface area contributed by atoms with E-state index in [2.05, 4.69) is 36.0 Å². The van der Waals surface area contributed by atoms with Crippen molar-refractivity contribution in [2.75, 3.05) is 13.1 Å². The van der Waals surface area contributed by atoms with Crippen molar-refractivity contribution in [1.82, 2.24) is 5.32 Å². The van der Waals surface area contributed by atoms with Gasteiger partial charge in [-0.25, -0.2) is 0 Å². The van der Waals surface area contributed by atoms with Crippen LogP contribution < -0.4 is 5.32 Å². The van der Waals surface area contributed by atoms with E-state index in [0.717, 1.165) is 12.5 Å². The monoisotopic (exact) mass is 225 g/mol. The molecule has 0 aliphatic carbocycles. The number of thiophene rings is 1. The molecule has 1 heterocycles. The molecule has 0 radical (unpaired) electrons. The molecule has 1 N–H and O–H groups in total. The maximum atomic E-state index is 3.54. The molecule has 0 fully saturated rings. The van der Waals surface area contributed by atoms with Crippen LogP contribution in [-0.2, 0) is 6.42 Å². The van der Waals surface area contributed by atoms with Gasteiger partial charge in [0.05, 0.1) is 0 Å². The molecular formula is C13H23NS. The van der Waals surface area contributed by atoms with Crippen molar-refractivity contribution in [3.63, 3.8) is 0 Å². The molecule has 0 aliphatic heterocycles. The number of rotatable bonds is 8. The average Bonchev–Trinajstić information content (AvgIpc) is 2.71. The molecule has 1 rings (SSSR count). The summed E-state index contributed by atoms with van der Waals surface area (Å²) in [4.78, 5) is 0. The van der Waals surface area contributed by atoms with Gasteiger partial charge in [0, 0.05) is 0 Å². The summed E-state index contributed by atoms with van der Waals surface area (Å²) < 4.78 is 0. The highest BCUT2D eigenvalue weighted by Crippen LogP contribution is 2.15. The molecule has 1 atom stereocenters. The molecule has 0 aromatic carbocycles. The third kappa shape index (κ3) is 5.33. The van der Waals surface area contributed by atoms with Gasteiger partial charge in [0.15, 0.2) is 0 Å². The van der Waals surface area contributed by atoms with Gasteiger partial charge >= 0.3 is 0 Å². The van der Waals surface area contributed by atoms with Crippen LogP contribution in [0.4, 0.5) is 0 Å². The van der Waals surface area contributed by atoms with Gasteiger partial charge in [-0.3, -0.25) is 0 Å². The molecule has 86 valence electrons. The van der Waals surface area contributed by atoms with E-state index in [-0.39, 0.29) is 0 Å². The second-order valence-electron chi connectivity index (χ2n) is 4.19. The van der Waals surface area contributed by atoms with Crippen LogP contribution in [0.1, 0.15) is 38.7 Å². The summed E-state index contributed by atoms with van der Waals surface area (Å²) in [6, 6.07) is 2.26. The number of hydrogen-bond donors (Lipinski definition) is 1. The molecule has 0 aliphatic rings. The molecule has 0 saturated heterocycles. The van der Waals surface area contributed by atoms with Crippen molar-refractivity contribution in [2.45, 2.75) is 39.5 Å². The third-order valence-electron chi connectivity index (χ3n) is 2.66. The topological polar surface area (TPSA) is 12.0 Å². The standard InChI is InChI=1S/C13H23NS/c1-3-5-12(10-14-7-4-2)9-13-6-8-15-11-13/h6,8,11-12,14H,3-5,7,9-10H2,1-2H3. The molecule has 0 saturated carbocycles. The quantitative estimate of drug-likeness (QED) is 0.665. The van der Waals surface area contributed by atoms with Gasteiger partial charge < -0.3 is 5.32 Å². The Hall–Kier alpha value is -0.340. The first-order chi connectivity index (χ1) is 7.36. The Kier molecular flexibility index (Phi) is 6.69. The minimum absolute atomic E-state index is 0.816. The van der Waals surface area contributed by atoms with E-state index in [1.807, 2.05) is 11.3 Å². The van der Waals surface area contributed by atoms with Crippen LogP contribution in [0.15, 0.2) is 16.8 Å². The molecule has 0 amide bonds. The van der Waals surface area contributed by atoms with E-state index in [1.165, 1.54) is 37.8 Å². The van der Waals surface area contributed by atoms with Gasteiger partial charge in [-0.05, 0) is 60.7 Å². The first-order valence-electron chi connectivity index (χ1n) is 6.08. The Morgan fingerprint density at radius 1 is 1.33 bits per heavy atom. The van der Waals surface area contributed by atoms with E-state index < -0.39 is 0 Å². The largest absolute Gasteiger partial charge is 0.316 e. The maximum Gasteiger partial charge on any atom is -0.00173 e. The molecule has 1 aromatic rings. The number of nitrogens with one attached hydrogen (secondary N) is 1. The minimum atomic E-state index is 0.816. The third-order valence-corrected chi connectivity index (χ3v) is 3.39. The van der Waals surface area contributed by atoms with Crippen molar-refractivity contribution < 1.29 is 0 Å². The van der Waals surface area contributed by atoms with Crippen molar-refractivity contribution in [1.29, 1.82) is 0 Å². The molecule has 2 heteroatoms. The predicted octanol–water partition coefficient (Wildman–Crippen LogP) is 3.71. The van der Waals surface area contributed by atoms with Crippen LogP contribution in [0, 0.1) is 5.92 Å². The van der Waals surface area contributed by atoms with Crippen LogP contribution >= 0.6 is 11.3 Å². The summed E-state index contributed by atoms with van der Waals surface area (Å²) in [5.41, 5.74) is 1.51. The lowest BCUT2D eigenvalue weighted by Crippen LogP contribution is -2.24. The molecule has 1 unspecified atom stereocenters. The van der Waals surface area contributed by atoms with Gasteiger partial charge in [-0.2, -0.15) is 11.3 Å². The van der Waals surface area contributed by atoms with Crippen molar-refractivity contribution >= 4 is 11.3 Å². The van der Waals surface area contributed by atoms with Crippen LogP contribution in [0.3, 0.4) is 0 Å². The lowest BCUT2D eigenvalue weighted by Gasteiger charge is -2.16. The second-order valence-corrected chi connectivity index (χ2v) is 4.97. The molecule has 0 spiro atoms. The van der Waals surface area contributed by atoms with Gasteiger partial charge in [-0.1, -0.05) is 20.3 Å². The van der Waals surface area contributed by atoms with E-state index in [4.69, 9.17) is 0 Å². The van der Waals surface area contributed by atoms with Crippen LogP contribution in [0.25, 0.3) is 0 Å². The lowest BCUT2D eigenvalue weighted by molar-refractivity contribution is 0.439. The summed E-state index contributed by atoms with van der Waals surface area (Å²) in [5, 5.41) is 7.99. The minimum Gasteiger partial charge on any atom is -0.316 e. The summed E-state index contributed by atoms with van der Waals surface area (Å²) in [7, 11) is 0. The Labute approximate surface area is 97.9 Å². The van der Waals surface area contributed by atoms with Gasteiger partial charge in [0.2, 0.25) is 0 Å². The highest BCUT2D eigenvalue weighted by molar-refractivity contribution is 7.07. The Morgan fingerprint density at radius 3 is 2.80 bits per heavy atom. The highest BCUT2D eigenvalue weighted by atomic mass is 32.1. The Bertz CT molecular complexity index is 231. The van der Waals surface area contributed by atoms with Crippen LogP contribution in [0.2, 0.25) is 0 Å². The SMILES string of the molecule is CCCNCC(CCC)Cc1ccsc1. The fourth-order valence-electron chi connectivity index (χ4n) is 1.91. The zero-order valence-electron chi connectivity index (χ0n) is 9.96. The summed E-state index contributed by atoms with van der Waals surface area (Å²) in [6.45, 7) is 6.84. The van der Waals surface area contributed by atoms with Crippen LogP contribution in [0.5, 0.6) is 0 Å². The fourth-order valence-corrected chi connectivity index (χ4v) is 2.59. The Morgan fingerprint density at radius 2 is 2.20 bits per heavy atom. The maximum absolute atomic E-state index is 3.54. The van der Waals surface area contributed by atoms with E-state index in [9.17, 15) is 0 Å². The normalized spacial score (nSPS) is 12.9. The van der Waals surface area contributed by atoms with E-state index >= 15 is 0 Å². The molecule has 15 heavy (non-hydrogen) atoms. The van der Waals surface area contributed by atoms with E-state index in [1.54, 1.807) is 0 Å². The van der Waals surface area contributed by atoms with Gasteiger partial charge in [0.1, 0.15) is 0 Å². The first-order valence-corrected chi connectivity index (χ1v) is 7.02. The second kappa shape index (κ2) is 7.89. The first kappa shape index (κ1) is 12.7. The van der Waals surface area contributed by atoms with Gasteiger partial charge in [-0.15, -0.1) is 0 Å². The molecule has 1 nitrogen and oxygen atoms in total. The zero-order valence-corrected chi connectivity index (χ0v) is 10.8. The summed E-state index contributed by atoms with van der Waals surface area (Å²) >= 11 is 1.81. The van der Waals surface area contributed by atoms with Crippen molar-refractivity contribution in [2.24, 2.45) is 5.92 Å². The van der Waals surface area contributed by atoms with Gasteiger partial charge in [0.25, 0.3) is 0 Å². The van der Waals surface area contributed by atoms with Crippen molar-refractivity contribution in [3.05, 3.63) is 22.4 Å².